The number of likely N-dealkylation sites (N-methyl/N-ethyl adjacent to an activating group) is 1. The highest BCUT2D eigenvalue weighted by atomic mass is 16.5. The van der Waals surface area contributed by atoms with Gasteiger partial charge in [0, 0.05) is 30.9 Å². The van der Waals surface area contributed by atoms with Gasteiger partial charge in [0.2, 0.25) is 0 Å². The lowest BCUT2D eigenvalue weighted by atomic mass is 10.1. The summed E-state index contributed by atoms with van der Waals surface area (Å²) < 4.78 is 6.90. The molecule has 1 aromatic carbocycles. The van der Waals surface area contributed by atoms with Crippen LogP contribution >= 0.6 is 0 Å². The van der Waals surface area contributed by atoms with Gasteiger partial charge in [-0.3, -0.25) is 4.79 Å². The van der Waals surface area contributed by atoms with Crippen molar-refractivity contribution in [3.8, 4) is 17.6 Å². The molecular formula is C24H28N6O4. The zero-order valence-electron chi connectivity index (χ0n) is 19.3. The zero-order chi connectivity index (χ0) is 24.9. The molecule has 34 heavy (non-hydrogen) atoms. The lowest BCUT2D eigenvalue weighted by Gasteiger charge is -2.20. The van der Waals surface area contributed by atoms with Gasteiger partial charge in [-0.1, -0.05) is 11.8 Å². The van der Waals surface area contributed by atoms with Gasteiger partial charge in [-0.15, -0.1) is 0 Å². The van der Waals surface area contributed by atoms with Gasteiger partial charge in [0.1, 0.15) is 24.0 Å². The van der Waals surface area contributed by atoms with Crippen molar-refractivity contribution in [2.24, 2.45) is 11.5 Å². The van der Waals surface area contributed by atoms with Crippen LogP contribution in [0.4, 0.5) is 10.5 Å². The van der Waals surface area contributed by atoms with Crippen molar-refractivity contribution in [2.45, 2.75) is 31.9 Å². The Morgan fingerprint density at radius 2 is 2.21 bits per heavy atom. The van der Waals surface area contributed by atoms with E-state index >= 15 is 0 Å². The lowest BCUT2D eigenvalue weighted by molar-refractivity contribution is -0.120. The van der Waals surface area contributed by atoms with Crippen molar-refractivity contribution in [3.05, 3.63) is 65.8 Å². The van der Waals surface area contributed by atoms with Crippen LogP contribution in [0.15, 0.2) is 54.6 Å². The number of allylic oxidation sites excluding steroid dienone is 3. The Hall–Kier alpha value is -4.23. The highest BCUT2D eigenvalue weighted by molar-refractivity contribution is 6.00. The van der Waals surface area contributed by atoms with E-state index in [0.717, 1.165) is 10.2 Å². The smallest absolute Gasteiger partial charge is 0.342 e. The Morgan fingerprint density at radius 3 is 2.91 bits per heavy atom. The summed E-state index contributed by atoms with van der Waals surface area (Å²) in [6.45, 7) is 3.12. The van der Waals surface area contributed by atoms with E-state index < -0.39 is 17.7 Å². The molecule has 0 saturated heterocycles. The number of ether oxygens (including phenoxy) is 1. The van der Waals surface area contributed by atoms with Gasteiger partial charge in [0.25, 0.3) is 5.91 Å². The standard InChI is InChI=1S/C24H28N6O4/c1-24(2,33)9-8-16-6-7-21-20(12-16)29(3)22(31)19(15-34-21)28-23(32)30-14-17(13-27-30)11-18(26)5-4-10-25/h4-7,10,12-14,19,33H,11,15,25-26H2,1-3H3,(H,28,32)/b10-4-,18-5-. The first-order valence-electron chi connectivity index (χ1n) is 10.5. The summed E-state index contributed by atoms with van der Waals surface area (Å²) in [5.74, 6) is 5.75. The van der Waals surface area contributed by atoms with E-state index in [1.165, 1.54) is 23.5 Å². The first-order valence-corrected chi connectivity index (χ1v) is 10.5. The third-order valence-corrected chi connectivity index (χ3v) is 4.84. The Bertz CT molecular complexity index is 1200. The van der Waals surface area contributed by atoms with Gasteiger partial charge in [-0.05, 0) is 56.0 Å². The number of nitrogens with one attached hydrogen (secondary N) is 1. The van der Waals surface area contributed by atoms with Gasteiger partial charge in [0.05, 0.1) is 11.9 Å². The molecule has 1 aliphatic rings. The summed E-state index contributed by atoms with van der Waals surface area (Å²) in [4.78, 5) is 27.2. The van der Waals surface area contributed by atoms with Crippen LogP contribution < -0.4 is 26.4 Å². The molecular weight excluding hydrogens is 436 g/mol. The SMILES string of the molecule is CN1C(=O)C(NC(=O)n2cc(C/C(N)=C/C=C\N)cn2)COc2ccc(C#CC(C)(C)O)cc21. The van der Waals surface area contributed by atoms with Crippen LogP contribution in [0.3, 0.4) is 0 Å². The number of carbonyl (C=O) groups is 2. The number of nitrogens with two attached hydrogens (primary N) is 2. The highest BCUT2D eigenvalue weighted by Gasteiger charge is 2.31. The maximum absolute atomic E-state index is 13.0. The van der Waals surface area contributed by atoms with Crippen LogP contribution in [-0.4, -0.2) is 52.1 Å². The summed E-state index contributed by atoms with van der Waals surface area (Å²) in [6, 6.07) is 3.64. The molecule has 6 N–H and O–H groups in total. The quantitative estimate of drug-likeness (QED) is 0.387. The number of anilines is 1. The van der Waals surface area contributed by atoms with Gasteiger partial charge < -0.3 is 31.5 Å². The fourth-order valence-electron chi connectivity index (χ4n) is 3.16. The average molecular weight is 465 g/mol. The average Bonchev–Trinajstić information content (AvgIpc) is 3.22. The number of amides is 2. The number of aliphatic hydroxyl groups is 1. The maximum atomic E-state index is 13.0. The summed E-state index contributed by atoms with van der Waals surface area (Å²) in [6.07, 6.45) is 8.09. The molecule has 1 unspecified atom stereocenters. The van der Waals surface area contributed by atoms with E-state index in [0.29, 0.717) is 29.1 Å². The van der Waals surface area contributed by atoms with Crippen molar-refractivity contribution in [2.75, 3.05) is 18.6 Å². The van der Waals surface area contributed by atoms with Crippen LogP contribution in [0.25, 0.3) is 0 Å². The maximum Gasteiger partial charge on any atom is 0.342 e. The number of nitrogens with zero attached hydrogens (tertiary/aromatic N) is 3. The second-order valence-corrected chi connectivity index (χ2v) is 8.30. The van der Waals surface area contributed by atoms with Crippen molar-refractivity contribution in [1.29, 1.82) is 0 Å². The molecule has 10 nitrogen and oxygen atoms in total. The van der Waals surface area contributed by atoms with E-state index in [4.69, 9.17) is 16.2 Å². The summed E-state index contributed by atoms with van der Waals surface area (Å²) in [5, 5.41) is 16.5. The molecule has 1 aliphatic heterocycles. The van der Waals surface area contributed by atoms with Gasteiger partial charge in [0.15, 0.2) is 0 Å². The summed E-state index contributed by atoms with van der Waals surface area (Å²) in [7, 11) is 1.60. The minimum atomic E-state index is -1.14. The minimum Gasteiger partial charge on any atom is -0.489 e. The van der Waals surface area contributed by atoms with Crippen LogP contribution in [0.5, 0.6) is 5.75 Å². The van der Waals surface area contributed by atoms with Crippen LogP contribution in [0.1, 0.15) is 25.0 Å². The van der Waals surface area contributed by atoms with Crippen molar-refractivity contribution in [1.82, 2.24) is 15.1 Å². The first kappa shape index (κ1) is 24.4. The molecule has 0 radical (unpaired) electrons. The largest absolute Gasteiger partial charge is 0.489 e. The molecule has 0 fully saturated rings. The minimum absolute atomic E-state index is 0.0498. The van der Waals surface area contributed by atoms with E-state index in [1.54, 1.807) is 51.2 Å². The Labute approximate surface area is 197 Å². The molecule has 10 heteroatoms. The van der Waals surface area contributed by atoms with E-state index in [-0.39, 0.29) is 12.5 Å². The number of rotatable bonds is 4. The fourth-order valence-corrected chi connectivity index (χ4v) is 3.16. The molecule has 1 atom stereocenters. The molecule has 0 spiro atoms. The number of fused-ring (bicyclic) bond motifs is 1. The molecule has 1 aromatic heterocycles. The fraction of sp³-hybridized carbons (Fsp3) is 0.292. The Kier molecular flexibility index (Phi) is 7.28. The van der Waals surface area contributed by atoms with Crippen molar-refractivity contribution in [3.63, 3.8) is 0 Å². The Balaban J connectivity index is 1.72. The normalized spacial score (nSPS) is 16.4. The topological polar surface area (TPSA) is 149 Å². The third-order valence-electron chi connectivity index (χ3n) is 4.84. The first-order chi connectivity index (χ1) is 16.1. The number of aromatic nitrogens is 2. The van der Waals surface area contributed by atoms with E-state index in [2.05, 4.69) is 22.3 Å². The molecule has 0 saturated carbocycles. The van der Waals surface area contributed by atoms with Gasteiger partial charge in [-0.25, -0.2) is 4.79 Å². The van der Waals surface area contributed by atoms with Crippen molar-refractivity contribution < 1.29 is 19.4 Å². The van der Waals surface area contributed by atoms with Crippen LogP contribution in [0.2, 0.25) is 0 Å². The monoisotopic (exact) mass is 464 g/mol. The lowest BCUT2D eigenvalue weighted by Crippen LogP contribution is -2.50. The number of hydrogen-bond acceptors (Lipinski definition) is 7. The molecule has 0 bridgehead atoms. The predicted octanol–water partition coefficient (Wildman–Crippen LogP) is 0.845. The molecule has 3 rings (SSSR count). The number of hydrogen-bond donors (Lipinski definition) is 4. The van der Waals surface area contributed by atoms with Crippen LogP contribution in [-0.2, 0) is 11.2 Å². The molecule has 2 amide bonds. The number of carbonyl (C=O) groups excluding carboxylic acids is 2. The van der Waals surface area contributed by atoms with Crippen LogP contribution in [0, 0.1) is 11.8 Å². The molecule has 0 aliphatic carbocycles. The van der Waals surface area contributed by atoms with E-state index in [1.807, 2.05) is 0 Å². The molecule has 2 heterocycles. The van der Waals surface area contributed by atoms with Crippen molar-refractivity contribution >= 4 is 17.6 Å². The third kappa shape index (κ3) is 6.17. The Morgan fingerprint density at radius 1 is 1.44 bits per heavy atom. The second-order valence-electron chi connectivity index (χ2n) is 8.30. The zero-order valence-corrected chi connectivity index (χ0v) is 19.3. The second kappa shape index (κ2) is 10.1. The summed E-state index contributed by atoms with van der Waals surface area (Å²) in [5.41, 5.74) is 12.5. The predicted molar refractivity (Wildman–Crippen MR) is 128 cm³/mol. The number of benzene rings is 1. The van der Waals surface area contributed by atoms with Gasteiger partial charge in [-0.2, -0.15) is 9.78 Å². The van der Waals surface area contributed by atoms with E-state index in [9.17, 15) is 14.7 Å². The molecule has 2 aromatic rings. The highest BCUT2D eigenvalue weighted by Crippen LogP contribution is 2.31. The molecule has 178 valence electrons. The van der Waals surface area contributed by atoms with Gasteiger partial charge >= 0.3 is 6.03 Å². The summed E-state index contributed by atoms with van der Waals surface area (Å²) >= 11 is 0.